The highest BCUT2D eigenvalue weighted by molar-refractivity contribution is 5.69. The van der Waals surface area contributed by atoms with Gasteiger partial charge in [0.1, 0.15) is 25.1 Å². The van der Waals surface area contributed by atoms with Crippen molar-refractivity contribution in [2.75, 3.05) is 19.8 Å². The summed E-state index contributed by atoms with van der Waals surface area (Å²) in [6.07, 6.45) is 1.58. The van der Waals surface area contributed by atoms with Crippen LogP contribution in [0.3, 0.4) is 0 Å². The Labute approximate surface area is 125 Å². The minimum atomic E-state index is -0.728. The van der Waals surface area contributed by atoms with Gasteiger partial charge in [-0.1, -0.05) is 12.1 Å². The van der Waals surface area contributed by atoms with Crippen LogP contribution in [0.25, 0.3) is 0 Å². The van der Waals surface area contributed by atoms with Crippen molar-refractivity contribution in [2.45, 2.75) is 12.5 Å². The highest BCUT2D eigenvalue weighted by Gasteiger charge is 2.34. The minimum absolute atomic E-state index is 0.279. The first-order valence-electron chi connectivity index (χ1n) is 6.97. The third kappa shape index (κ3) is 2.66. The first-order chi connectivity index (χ1) is 10.7. The van der Waals surface area contributed by atoms with Crippen LogP contribution < -0.4 is 0 Å². The van der Waals surface area contributed by atoms with E-state index in [0.717, 1.165) is 11.3 Å². The molecule has 1 aliphatic heterocycles. The number of rotatable bonds is 3. The van der Waals surface area contributed by atoms with E-state index in [4.69, 9.17) is 4.74 Å². The van der Waals surface area contributed by atoms with Gasteiger partial charge in [0.15, 0.2) is 0 Å². The lowest BCUT2D eigenvalue weighted by molar-refractivity contribution is 0.0834. The van der Waals surface area contributed by atoms with Gasteiger partial charge in [0.05, 0.1) is 12.0 Å². The molecule has 0 bridgehead atoms. The lowest BCUT2D eigenvalue weighted by Crippen LogP contribution is -2.41. The molecule has 0 spiro atoms. The van der Waals surface area contributed by atoms with Gasteiger partial charge in [-0.2, -0.15) is 0 Å². The SMILES string of the molecule is O=C(OCCF)N1CCc2[nH]cnc2C1c1ccc(F)cc1. The van der Waals surface area contributed by atoms with Crippen LogP contribution in [-0.2, 0) is 11.2 Å². The second-order valence-corrected chi connectivity index (χ2v) is 4.97. The van der Waals surface area contributed by atoms with Gasteiger partial charge in [-0.15, -0.1) is 0 Å². The molecule has 0 aliphatic carbocycles. The Morgan fingerprint density at radius 2 is 2.18 bits per heavy atom. The fourth-order valence-electron chi connectivity index (χ4n) is 2.66. The average molecular weight is 307 g/mol. The van der Waals surface area contributed by atoms with Crippen LogP contribution in [-0.4, -0.2) is 40.8 Å². The number of halogens is 2. The van der Waals surface area contributed by atoms with E-state index in [-0.39, 0.29) is 12.4 Å². The maximum atomic E-state index is 13.1. The number of fused-ring (bicyclic) bond motifs is 1. The zero-order valence-corrected chi connectivity index (χ0v) is 11.8. The van der Waals surface area contributed by atoms with Crippen molar-refractivity contribution >= 4 is 6.09 Å². The van der Waals surface area contributed by atoms with Gasteiger partial charge in [0, 0.05) is 18.7 Å². The van der Waals surface area contributed by atoms with Gasteiger partial charge < -0.3 is 9.72 Å². The summed E-state index contributed by atoms with van der Waals surface area (Å²) in [6, 6.07) is 5.42. The third-order valence-corrected chi connectivity index (χ3v) is 3.65. The summed E-state index contributed by atoms with van der Waals surface area (Å²) >= 11 is 0. The Bertz CT molecular complexity index is 657. The molecule has 0 fully saturated rings. The van der Waals surface area contributed by atoms with Crippen LogP contribution in [0, 0.1) is 5.82 Å². The number of alkyl halides is 1. The lowest BCUT2D eigenvalue weighted by atomic mass is 9.96. The highest BCUT2D eigenvalue weighted by Crippen LogP contribution is 2.33. The Kier molecular flexibility index (Phi) is 4.04. The number of amides is 1. The molecule has 0 radical (unpaired) electrons. The molecule has 3 rings (SSSR count). The van der Waals surface area contributed by atoms with Crippen LogP contribution in [0.2, 0.25) is 0 Å². The van der Waals surface area contributed by atoms with E-state index >= 15 is 0 Å². The number of aromatic nitrogens is 2. The van der Waals surface area contributed by atoms with E-state index in [1.807, 2.05) is 0 Å². The number of carbonyl (C=O) groups excluding carboxylic acids is 1. The van der Waals surface area contributed by atoms with E-state index in [0.29, 0.717) is 18.7 Å². The van der Waals surface area contributed by atoms with E-state index in [1.165, 1.54) is 17.0 Å². The molecule has 1 aliphatic rings. The Balaban J connectivity index is 1.95. The molecule has 1 unspecified atom stereocenters. The first-order valence-corrected chi connectivity index (χ1v) is 6.97. The topological polar surface area (TPSA) is 58.2 Å². The van der Waals surface area contributed by atoms with Crippen molar-refractivity contribution in [1.82, 2.24) is 14.9 Å². The third-order valence-electron chi connectivity index (χ3n) is 3.65. The summed E-state index contributed by atoms with van der Waals surface area (Å²) in [5.41, 5.74) is 2.37. The van der Waals surface area contributed by atoms with Crippen molar-refractivity contribution < 1.29 is 18.3 Å². The van der Waals surface area contributed by atoms with Crippen LogP contribution in [0.5, 0.6) is 0 Å². The highest BCUT2D eigenvalue weighted by atomic mass is 19.1. The molecule has 2 aromatic rings. The predicted octanol–water partition coefficient (Wildman–Crippen LogP) is 2.60. The maximum Gasteiger partial charge on any atom is 0.410 e. The molecular weight excluding hydrogens is 292 g/mol. The van der Waals surface area contributed by atoms with Crippen LogP contribution in [0.1, 0.15) is 23.0 Å². The lowest BCUT2D eigenvalue weighted by Gasteiger charge is -2.34. The van der Waals surface area contributed by atoms with E-state index in [2.05, 4.69) is 9.97 Å². The molecule has 1 N–H and O–H groups in total. The van der Waals surface area contributed by atoms with E-state index in [9.17, 15) is 13.6 Å². The number of benzene rings is 1. The Morgan fingerprint density at radius 3 is 2.91 bits per heavy atom. The number of hydrogen-bond donors (Lipinski definition) is 1. The van der Waals surface area contributed by atoms with Crippen molar-refractivity contribution in [2.24, 2.45) is 0 Å². The molecule has 1 aromatic carbocycles. The summed E-state index contributed by atoms with van der Waals surface area (Å²) in [5, 5.41) is 0. The Morgan fingerprint density at radius 1 is 1.41 bits per heavy atom. The number of nitrogens with zero attached hydrogens (tertiary/aromatic N) is 2. The summed E-state index contributed by atoms with van der Waals surface area (Å²) < 4.78 is 30.3. The van der Waals surface area contributed by atoms with Crippen molar-refractivity contribution in [3.05, 3.63) is 53.4 Å². The fraction of sp³-hybridized carbons (Fsp3) is 0.333. The molecule has 0 saturated heterocycles. The van der Waals surface area contributed by atoms with Gasteiger partial charge in [-0.25, -0.2) is 18.6 Å². The molecule has 116 valence electrons. The molecule has 1 atom stereocenters. The number of nitrogens with one attached hydrogen (secondary N) is 1. The van der Waals surface area contributed by atoms with Crippen LogP contribution in [0.4, 0.5) is 13.6 Å². The number of hydrogen-bond acceptors (Lipinski definition) is 3. The second-order valence-electron chi connectivity index (χ2n) is 4.97. The fourth-order valence-corrected chi connectivity index (χ4v) is 2.66. The zero-order chi connectivity index (χ0) is 15.5. The number of H-pyrrole nitrogens is 1. The number of carbonyl (C=O) groups is 1. The largest absolute Gasteiger partial charge is 0.447 e. The summed E-state index contributed by atoms with van der Waals surface area (Å²) in [4.78, 5) is 21.0. The van der Waals surface area contributed by atoms with Gasteiger partial charge in [-0.3, -0.25) is 4.90 Å². The molecule has 2 heterocycles. The quantitative estimate of drug-likeness (QED) is 0.948. The van der Waals surface area contributed by atoms with Crippen molar-refractivity contribution in [3.8, 4) is 0 Å². The molecule has 7 heteroatoms. The van der Waals surface area contributed by atoms with Crippen LogP contribution in [0.15, 0.2) is 30.6 Å². The molecular formula is C15H15F2N3O2. The standard InChI is InChI=1S/C15H15F2N3O2/c16-6-8-22-15(21)20-7-5-12-13(19-9-18-12)14(20)10-1-3-11(17)4-2-10/h1-4,9,14H,5-8H2,(H,18,19). The molecule has 0 saturated carbocycles. The molecule has 5 nitrogen and oxygen atoms in total. The second kappa shape index (κ2) is 6.13. The smallest absolute Gasteiger partial charge is 0.410 e. The van der Waals surface area contributed by atoms with E-state index in [1.54, 1.807) is 18.5 Å². The summed E-state index contributed by atoms with van der Waals surface area (Å²) in [7, 11) is 0. The monoisotopic (exact) mass is 307 g/mol. The van der Waals surface area contributed by atoms with Gasteiger partial charge >= 0.3 is 6.09 Å². The maximum absolute atomic E-state index is 13.1. The minimum Gasteiger partial charge on any atom is -0.447 e. The van der Waals surface area contributed by atoms with Gasteiger partial charge in [0.2, 0.25) is 0 Å². The summed E-state index contributed by atoms with van der Waals surface area (Å²) in [6.45, 7) is -0.588. The molecule has 1 amide bonds. The van der Waals surface area contributed by atoms with Gasteiger partial charge in [-0.05, 0) is 17.7 Å². The van der Waals surface area contributed by atoms with E-state index < -0.39 is 18.8 Å². The number of imidazole rings is 1. The zero-order valence-electron chi connectivity index (χ0n) is 11.8. The number of aromatic amines is 1. The van der Waals surface area contributed by atoms with Crippen molar-refractivity contribution in [3.63, 3.8) is 0 Å². The predicted molar refractivity (Wildman–Crippen MR) is 74.6 cm³/mol. The van der Waals surface area contributed by atoms with Crippen molar-refractivity contribution in [1.29, 1.82) is 0 Å². The summed E-state index contributed by atoms with van der Waals surface area (Å²) in [5.74, 6) is -0.353. The molecule has 22 heavy (non-hydrogen) atoms. The van der Waals surface area contributed by atoms with Gasteiger partial charge in [0.25, 0.3) is 0 Å². The van der Waals surface area contributed by atoms with Crippen LogP contribution >= 0.6 is 0 Å². The Hall–Kier alpha value is -2.44. The first kappa shape index (κ1) is 14.5. The molecule has 1 aromatic heterocycles. The number of ether oxygens (including phenoxy) is 1. The average Bonchev–Trinajstić information content (AvgIpc) is 3.01. The normalized spacial score (nSPS) is 17.2.